The van der Waals surface area contributed by atoms with Crippen molar-refractivity contribution in [1.29, 1.82) is 0 Å². The number of hydrogen-bond donors (Lipinski definition) is 0. The molecule has 1 aromatic carbocycles. The molecule has 0 bridgehead atoms. The standard InChI is InChI=1S/C15H14ClF3O5/c1-3-23-13(21)11(14(22)24-4-2)12(20)9-6-5-8(16)7-10(9)15(17,18)19/h5-7,11H,3-4H2,1-2H3. The molecule has 0 fully saturated rings. The largest absolute Gasteiger partial charge is 0.465 e. The van der Waals surface area contributed by atoms with Crippen molar-refractivity contribution in [1.82, 2.24) is 0 Å². The second-order valence-electron chi connectivity index (χ2n) is 4.49. The average molecular weight is 367 g/mol. The molecule has 24 heavy (non-hydrogen) atoms. The Bertz CT molecular complexity index is 624. The molecule has 0 radical (unpaired) electrons. The molecule has 0 amide bonds. The van der Waals surface area contributed by atoms with E-state index >= 15 is 0 Å². The number of alkyl halides is 3. The molecule has 0 aliphatic rings. The average Bonchev–Trinajstić information content (AvgIpc) is 2.46. The van der Waals surface area contributed by atoms with Gasteiger partial charge in [0.1, 0.15) is 0 Å². The lowest BCUT2D eigenvalue weighted by atomic mass is 9.93. The quantitative estimate of drug-likeness (QED) is 0.439. The maximum Gasteiger partial charge on any atom is 0.417 e. The van der Waals surface area contributed by atoms with Gasteiger partial charge < -0.3 is 9.47 Å². The van der Waals surface area contributed by atoms with Gasteiger partial charge in [0.25, 0.3) is 0 Å². The van der Waals surface area contributed by atoms with E-state index < -0.39 is 40.9 Å². The lowest BCUT2D eigenvalue weighted by Gasteiger charge is -2.17. The molecule has 0 atom stereocenters. The van der Waals surface area contributed by atoms with Crippen molar-refractivity contribution in [2.24, 2.45) is 5.92 Å². The maximum atomic E-state index is 13.1. The van der Waals surface area contributed by atoms with Crippen molar-refractivity contribution < 1.29 is 37.0 Å². The molecule has 1 aromatic rings. The Balaban J connectivity index is 3.38. The number of ether oxygens (including phenoxy) is 2. The molecule has 0 heterocycles. The van der Waals surface area contributed by atoms with Gasteiger partial charge in [-0.3, -0.25) is 14.4 Å². The van der Waals surface area contributed by atoms with Gasteiger partial charge in [-0.1, -0.05) is 11.6 Å². The Morgan fingerprint density at radius 2 is 1.58 bits per heavy atom. The van der Waals surface area contributed by atoms with E-state index in [0.717, 1.165) is 12.1 Å². The number of carbonyl (C=O) groups is 3. The lowest BCUT2D eigenvalue weighted by Crippen LogP contribution is -2.36. The molecule has 0 saturated heterocycles. The fourth-order valence-electron chi connectivity index (χ4n) is 1.88. The van der Waals surface area contributed by atoms with Crippen molar-refractivity contribution in [2.45, 2.75) is 20.0 Å². The molecular formula is C15H14ClF3O5. The van der Waals surface area contributed by atoms with Gasteiger partial charge in [-0.2, -0.15) is 13.2 Å². The molecule has 0 N–H and O–H groups in total. The van der Waals surface area contributed by atoms with Crippen LogP contribution in [0.2, 0.25) is 5.02 Å². The number of benzene rings is 1. The van der Waals surface area contributed by atoms with Crippen LogP contribution >= 0.6 is 11.6 Å². The van der Waals surface area contributed by atoms with Crippen molar-refractivity contribution in [3.63, 3.8) is 0 Å². The Morgan fingerprint density at radius 1 is 1.08 bits per heavy atom. The van der Waals surface area contributed by atoms with Gasteiger partial charge in [0.15, 0.2) is 5.78 Å². The first kappa shape index (κ1) is 20.0. The number of esters is 2. The van der Waals surface area contributed by atoms with Crippen LogP contribution in [0.4, 0.5) is 13.2 Å². The minimum atomic E-state index is -4.90. The summed E-state index contributed by atoms with van der Waals surface area (Å²) in [4.78, 5) is 36.1. The molecule has 0 aliphatic heterocycles. The monoisotopic (exact) mass is 366 g/mol. The summed E-state index contributed by atoms with van der Waals surface area (Å²) in [5, 5.41) is -0.248. The number of ketones is 1. The van der Waals surface area contributed by atoms with Gasteiger partial charge in [-0.05, 0) is 32.0 Å². The first-order chi connectivity index (χ1) is 11.1. The van der Waals surface area contributed by atoms with Crippen LogP contribution in [0.25, 0.3) is 0 Å². The van der Waals surface area contributed by atoms with E-state index in [4.69, 9.17) is 11.6 Å². The van der Waals surface area contributed by atoms with E-state index in [0.29, 0.717) is 6.07 Å². The van der Waals surface area contributed by atoms with Crippen LogP contribution in [0.3, 0.4) is 0 Å². The van der Waals surface area contributed by atoms with E-state index in [-0.39, 0.29) is 18.2 Å². The van der Waals surface area contributed by atoms with Gasteiger partial charge in [0.2, 0.25) is 5.92 Å². The number of Topliss-reactive ketones (excluding diaryl/α,β-unsaturated/α-hetero) is 1. The van der Waals surface area contributed by atoms with Gasteiger partial charge in [0.05, 0.1) is 18.8 Å². The summed E-state index contributed by atoms with van der Waals surface area (Å²) in [5.41, 5.74) is -2.21. The predicted molar refractivity (Wildman–Crippen MR) is 77.5 cm³/mol. The van der Waals surface area contributed by atoms with E-state index in [1.807, 2.05) is 0 Å². The molecule has 1 rings (SSSR count). The summed E-state index contributed by atoms with van der Waals surface area (Å²) in [5.74, 6) is -6.05. The Labute approximate surface area is 140 Å². The van der Waals surface area contributed by atoms with Crippen LogP contribution in [-0.4, -0.2) is 30.9 Å². The fourth-order valence-corrected chi connectivity index (χ4v) is 2.05. The maximum absolute atomic E-state index is 13.1. The van der Waals surface area contributed by atoms with Crippen molar-refractivity contribution in [3.05, 3.63) is 34.3 Å². The summed E-state index contributed by atoms with van der Waals surface area (Å²) in [7, 11) is 0. The summed E-state index contributed by atoms with van der Waals surface area (Å²) in [6.45, 7) is 2.53. The van der Waals surface area contributed by atoms with E-state index in [2.05, 4.69) is 9.47 Å². The number of hydrogen-bond acceptors (Lipinski definition) is 5. The zero-order valence-corrected chi connectivity index (χ0v) is 13.5. The van der Waals surface area contributed by atoms with Gasteiger partial charge >= 0.3 is 18.1 Å². The first-order valence-electron chi connectivity index (χ1n) is 6.87. The van der Waals surface area contributed by atoms with E-state index in [1.165, 1.54) is 13.8 Å². The third-order valence-electron chi connectivity index (χ3n) is 2.86. The Morgan fingerprint density at radius 3 is 2.00 bits per heavy atom. The van der Waals surface area contributed by atoms with Crippen LogP contribution in [0, 0.1) is 5.92 Å². The van der Waals surface area contributed by atoms with Crippen LogP contribution < -0.4 is 0 Å². The van der Waals surface area contributed by atoms with Crippen LogP contribution in [-0.2, 0) is 25.2 Å². The second-order valence-corrected chi connectivity index (χ2v) is 4.93. The fraction of sp³-hybridized carbons (Fsp3) is 0.400. The summed E-state index contributed by atoms with van der Waals surface area (Å²) < 4.78 is 48.5. The molecule has 0 saturated carbocycles. The molecule has 0 aliphatic carbocycles. The zero-order valence-electron chi connectivity index (χ0n) is 12.8. The van der Waals surface area contributed by atoms with Crippen molar-refractivity contribution in [2.75, 3.05) is 13.2 Å². The van der Waals surface area contributed by atoms with E-state index in [1.54, 1.807) is 0 Å². The van der Waals surface area contributed by atoms with Crippen LogP contribution in [0.1, 0.15) is 29.8 Å². The smallest absolute Gasteiger partial charge is 0.417 e. The van der Waals surface area contributed by atoms with Gasteiger partial charge in [0, 0.05) is 10.6 Å². The highest BCUT2D eigenvalue weighted by Gasteiger charge is 2.42. The third-order valence-corrected chi connectivity index (χ3v) is 3.09. The highest BCUT2D eigenvalue weighted by molar-refractivity contribution is 6.31. The Hall–Kier alpha value is -2.09. The summed E-state index contributed by atoms with van der Waals surface area (Å²) in [6.07, 6.45) is -4.90. The molecule has 132 valence electrons. The zero-order chi connectivity index (χ0) is 18.5. The molecule has 9 heteroatoms. The molecule has 5 nitrogen and oxygen atoms in total. The highest BCUT2D eigenvalue weighted by Crippen LogP contribution is 2.35. The van der Waals surface area contributed by atoms with E-state index in [9.17, 15) is 27.6 Å². The topological polar surface area (TPSA) is 69.7 Å². The minimum absolute atomic E-state index is 0.158. The van der Waals surface area contributed by atoms with Crippen molar-refractivity contribution >= 4 is 29.3 Å². The normalized spacial score (nSPS) is 11.3. The summed E-state index contributed by atoms with van der Waals surface area (Å²) in [6, 6.07) is 2.40. The number of carbonyl (C=O) groups excluding carboxylic acids is 3. The van der Waals surface area contributed by atoms with Gasteiger partial charge in [-0.15, -0.1) is 0 Å². The predicted octanol–water partition coefficient (Wildman–Crippen LogP) is 3.28. The van der Waals surface area contributed by atoms with Crippen molar-refractivity contribution in [3.8, 4) is 0 Å². The number of halogens is 4. The molecule has 0 aromatic heterocycles. The third kappa shape index (κ3) is 4.70. The highest BCUT2D eigenvalue weighted by atomic mass is 35.5. The molecule has 0 unspecified atom stereocenters. The lowest BCUT2D eigenvalue weighted by molar-refractivity contribution is -0.159. The molecule has 0 spiro atoms. The van der Waals surface area contributed by atoms with Crippen LogP contribution in [0.15, 0.2) is 18.2 Å². The number of rotatable bonds is 6. The molecular weight excluding hydrogens is 353 g/mol. The second kappa shape index (κ2) is 8.14. The Kier molecular flexibility index (Phi) is 6.77. The first-order valence-corrected chi connectivity index (χ1v) is 7.25. The van der Waals surface area contributed by atoms with Crippen LogP contribution in [0.5, 0.6) is 0 Å². The van der Waals surface area contributed by atoms with Gasteiger partial charge in [-0.25, -0.2) is 0 Å². The summed E-state index contributed by atoms with van der Waals surface area (Å²) >= 11 is 5.54. The minimum Gasteiger partial charge on any atom is -0.465 e. The SMILES string of the molecule is CCOC(=O)C(C(=O)OCC)C(=O)c1ccc(Cl)cc1C(F)(F)F.